The number of hydrogen-bond donors (Lipinski definition) is 2. The number of nitrogens with one attached hydrogen (secondary N) is 2. The Morgan fingerprint density at radius 2 is 1.66 bits per heavy atom. The first-order valence-corrected chi connectivity index (χ1v) is 14.0. The first kappa shape index (κ1) is 28.6. The van der Waals surface area contributed by atoms with E-state index in [4.69, 9.17) is 0 Å². The maximum Gasteiger partial charge on any atom is 0.434 e. The maximum absolute atomic E-state index is 13.8. The third-order valence-electron chi connectivity index (χ3n) is 6.87. The minimum absolute atomic E-state index is 0.0107. The molecule has 3 amide bonds. The van der Waals surface area contributed by atoms with Crippen LogP contribution in [0.5, 0.6) is 0 Å². The van der Waals surface area contributed by atoms with Gasteiger partial charge >= 0.3 is 12.2 Å². The Kier molecular flexibility index (Phi) is 8.57. The van der Waals surface area contributed by atoms with E-state index in [0.29, 0.717) is 32.0 Å². The number of urea groups is 1. The van der Waals surface area contributed by atoms with E-state index in [1.165, 1.54) is 42.2 Å². The number of carbonyl (C=O) groups is 2. The van der Waals surface area contributed by atoms with Crippen LogP contribution in [-0.2, 0) is 6.18 Å². The molecule has 0 radical (unpaired) electrons. The van der Waals surface area contributed by atoms with Gasteiger partial charge in [-0.15, -0.1) is 0 Å². The van der Waals surface area contributed by atoms with E-state index >= 15 is 0 Å². The first-order chi connectivity index (χ1) is 19.7. The molecule has 0 bridgehead atoms. The smallest absolute Gasteiger partial charge is 0.353 e. The summed E-state index contributed by atoms with van der Waals surface area (Å²) in [5.74, 6) is -0.933. The Labute approximate surface area is 237 Å². The van der Waals surface area contributed by atoms with E-state index in [1.807, 2.05) is 4.90 Å². The van der Waals surface area contributed by atoms with Crippen LogP contribution in [0.15, 0.2) is 53.9 Å². The quantitative estimate of drug-likeness (QED) is 0.282. The number of anilines is 3. The highest BCUT2D eigenvalue weighted by atomic mass is 32.2. The van der Waals surface area contributed by atoms with Gasteiger partial charge in [-0.25, -0.2) is 24.1 Å². The fraction of sp³-hybridized carbons (Fsp3) is 0.370. The van der Waals surface area contributed by atoms with Crippen LogP contribution in [0.4, 0.5) is 39.5 Å². The lowest BCUT2D eigenvalue weighted by Gasteiger charge is -2.35. The van der Waals surface area contributed by atoms with Gasteiger partial charge in [0.2, 0.25) is 0 Å². The second-order valence-electron chi connectivity index (χ2n) is 9.68. The second kappa shape index (κ2) is 12.3. The van der Waals surface area contributed by atoms with Crippen molar-refractivity contribution in [3.8, 4) is 0 Å². The van der Waals surface area contributed by atoms with E-state index in [1.54, 1.807) is 17.0 Å². The zero-order valence-corrected chi connectivity index (χ0v) is 22.6. The first-order valence-electron chi connectivity index (χ1n) is 13.1. The van der Waals surface area contributed by atoms with Crippen LogP contribution in [0, 0.1) is 5.82 Å². The molecule has 0 unspecified atom stereocenters. The van der Waals surface area contributed by atoms with Crippen molar-refractivity contribution in [3.63, 3.8) is 0 Å². The fourth-order valence-electron chi connectivity index (χ4n) is 4.70. The molecular weight excluding hydrogens is 562 g/mol. The number of thioether (sulfide) groups is 1. The predicted molar refractivity (Wildman–Crippen MR) is 147 cm³/mol. The van der Waals surface area contributed by atoms with Crippen LogP contribution in [-0.4, -0.2) is 63.2 Å². The second-order valence-corrected chi connectivity index (χ2v) is 10.9. The summed E-state index contributed by atoms with van der Waals surface area (Å²) in [7, 11) is 0. The van der Waals surface area contributed by atoms with Crippen molar-refractivity contribution >= 4 is 40.9 Å². The summed E-state index contributed by atoms with van der Waals surface area (Å²) < 4.78 is 55.1. The summed E-state index contributed by atoms with van der Waals surface area (Å²) in [6.07, 6.45) is 1.32. The van der Waals surface area contributed by atoms with Crippen molar-refractivity contribution in [1.29, 1.82) is 0 Å². The number of nitrogens with zero attached hydrogens (tertiary/aromatic N) is 5. The predicted octanol–water partition coefficient (Wildman–Crippen LogP) is 5.67. The number of amides is 3. The van der Waals surface area contributed by atoms with Crippen molar-refractivity contribution in [1.82, 2.24) is 19.9 Å². The normalized spacial score (nSPS) is 16.1. The molecule has 1 aliphatic carbocycles. The monoisotopic (exact) mass is 589 g/mol. The number of para-hydroxylation sites is 1. The standard InChI is InChI=1S/C27H27F4N7O2S/c28-20-7-3-4-8-21(20)35-26(40)38-13-11-37(12-14-38)22-10-9-17(15-32-22)34-24(39)19-16-33-25(36-23(19)27(29,30)31)41-18-5-1-2-6-18/h3-4,7-10,15-16,18H,1-2,5-6,11-14H2,(H,34,39)(H,35,40). The number of piperazine rings is 1. The van der Waals surface area contributed by atoms with Gasteiger partial charge in [0, 0.05) is 37.6 Å². The summed E-state index contributed by atoms with van der Waals surface area (Å²) in [5.41, 5.74) is -1.62. The Morgan fingerprint density at radius 1 is 0.927 bits per heavy atom. The molecule has 0 spiro atoms. The highest BCUT2D eigenvalue weighted by Gasteiger charge is 2.38. The third-order valence-corrected chi connectivity index (χ3v) is 8.08. The molecule has 216 valence electrons. The lowest BCUT2D eigenvalue weighted by Crippen LogP contribution is -2.50. The highest BCUT2D eigenvalue weighted by Crippen LogP contribution is 2.36. The molecule has 1 aliphatic heterocycles. The van der Waals surface area contributed by atoms with Crippen LogP contribution in [0.1, 0.15) is 41.7 Å². The Balaban J connectivity index is 1.18. The van der Waals surface area contributed by atoms with Crippen LogP contribution < -0.4 is 15.5 Å². The van der Waals surface area contributed by atoms with E-state index in [9.17, 15) is 27.2 Å². The molecule has 1 aromatic carbocycles. The molecule has 2 fully saturated rings. The molecule has 2 aliphatic rings. The summed E-state index contributed by atoms with van der Waals surface area (Å²) in [4.78, 5) is 40.8. The third kappa shape index (κ3) is 7.04. The van der Waals surface area contributed by atoms with Crippen LogP contribution >= 0.6 is 11.8 Å². The molecule has 5 rings (SSSR count). The van der Waals surface area contributed by atoms with Gasteiger partial charge in [0.25, 0.3) is 5.91 Å². The summed E-state index contributed by atoms with van der Waals surface area (Å²) in [6.45, 7) is 1.66. The molecule has 9 nitrogen and oxygen atoms in total. The number of hydrogen-bond acceptors (Lipinski definition) is 7. The Hall–Kier alpha value is -3.94. The average molecular weight is 590 g/mol. The zero-order valence-electron chi connectivity index (χ0n) is 21.8. The van der Waals surface area contributed by atoms with Crippen LogP contribution in [0.25, 0.3) is 0 Å². The molecule has 14 heteroatoms. The SMILES string of the molecule is O=C(Nc1ccc(N2CCN(C(=O)Nc3ccccc3F)CC2)nc1)c1cnc(SC2CCCC2)nc1C(F)(F)F. The minimum Gasteiger partial charge on any atom is -0.353 e. The van der Waals surface area contributed by atoms with Gasteiger partial charge in [0.15, 0.2) is 10.9 Å². The maximum atomic E-state index is 13.8. The van der Waals surface area contributed by atoms with E-state index < -0.39 is 35.2 Å². The van der Waals surface area contributed by atoms with Gasteiger partial charge in [-0.3, -0.25) is 4.79 Å². The van der Waals surface area contributed by atoms with Crippen molar-refractivity contribution in [3.05, 3.63) is 65.9 Å². The lowest BCUT2D eigenvalue weighted by molar-refractivity contribution is -0.142. The number of aromatic nitrogens is 3. The highest BCUT2D eigenvalue weighted by molar-refractivity contribution is 7.99. The van der Waals surface area contributed by atoms with Crippen molar-refractivity contribution < 1.29 is 27.2 Å². The summed E-state index contributed by atoms with van der Waals surface area (Å²) >= 11 is 1.21. The Morgan fingerprint density at radius 3 is 2.32 bits per heavy atom. The van der Waals surface area contributed by atoms with Crippen LogP contribution in [0.2, 0.25) is 0 Å². The van der Waals surface area contributed by atoms with E-state index in [2.05, 4.69) is 25.6 Å². The van der Waals surface area contributed by atoms with Gasteiger partial charge in [-0.05, 0) is 37.1 Å². The van der Waals surface area contributed by atoms with Gasteiger partial charge in [-0.1, -0.05) is 36.7 Å². The van der Waals surface area contributed by atoms with Gasteiger partial charge in [0.1, 0.15) is 11.6 Å². The van der Waals surface area contributed by atoms with Gasteiger partial charge in [-0.2, -0.15) is 13.2 Å². The van der Waals surface area contributed by atoms with E-state index in [-0.39, 0.29) is 21.8 Å². The molecule has 3 heterocycles. The Bertz CT molecular complexity index is 1390. The number of benzene rings is 1. The largest absolute Gasteiger partial charge is 0.434 e. The fourth-order valence-corrected chi connectivity index (χ4v) is 5.83. The molecule has 1 saturated heterocycles. The molecular formula is C27H27F4N7O2S. The number of pyridine rings is 1. The summed E-state index contributed by atoms with van der Waals surface area (Å²) in [5, 5.41) is 5.20. The number of carbonyl (C=O) groups excluding carboxylic acids is 2. The summed E-state index contributed by atoms with van der Waals surface area (Å²) in [6, 6.07) is 8.67. The molecule has 3 aromatic rings. The van der Waals surface area contributed by atoms with Gasteiger partial charge in [0.05, 0.1) is 23.1 Å². The molecule has 0 atom stereocenters. The molecule has 2 N–H and O–H groups in total. The molecule has 1 saturated carbocycles. The number of rotatable bonds is 6. The number of alkyl halides is 3. The van der Waals surface area contributed by atoms with Crippen molar-refractivity contribution in [2.45, 2.75) is 42.3 Å². The minimum atomic E-state index is -4.82. The molecule has 41 heavy (non-hydrogen) atoms. The number of halogens is 4. The lowest BCUT2D eigenvalue weighted by atomic mass is 10.2. The van der Waals surface area contributed by atoms with Crippen molar-refractivity contribution in [2.75, 3.05) is 41.7 Å². The van der Waals surface area contributed by atoms with Crippen molar-refractivity contribution in [2.24, 2.45) is 0 Å². The van der Waals surface area contributed by atoms with Crippen LogP contribution in [0.3, 0.4) is 0 Å². The zero-order chi connectivity index (χ0) is 29.0. The van der Waals surface area contributed by atoms with E-state index in [0.717, 1.165) is 31.9 Å². The molecule has 2 aromatic heterocycles. The topological polar surface area (TPSA) is 103 Å². The van der Waals surface area contributed by atoms with Gasteiger partial charge < -0.3 is 20.4 Å². The average Bonchev–Trinajstić information content (AvgIpc) is 3.47.